The van der Waals surface area contributed by atoms with Gasteiger partial charge in [-0.25, -0.2) is 0 Å². The van der Waals surface area contributed by atoms with Gasteiger partial charge < -0.3 is 9.32 Å². The number of benzene rings is 7. The van der Waals surface area contributed by atoms with Crippen LogP contribution in [0.25, 0.3) is 43.8 Å². The molecule has 43 heavy (non-hydrogen) atoms. The Morgan fingerprint density at radius 2 is 1.14 bits per heavy atom. The van der Waals surface area contributed by atoms with Crippen molar-refractivity contribution in [3.05, 3.63) is 174 Å². The number of para-hydroxylation sites is 2. The minimum Gasteiger partial charge on any atom is -0.454 e. The molecule has 1 heterocycles. The number of fused-ring (bicyclic) bond motifs is 7. The summed E-state index contributed by atoms with van der Waals surface area (Å²) in [6, 6.07) is 56.6. The predicted octanol–water partition coefficient (Wildman–Crippen LogP) is 11.4. The zero-order chi connectivity index (χ0) is 28.3. The Labute approximate surface area is 250 Å². The van der Waals surface area contributed by atoms with Gasteiger partial charge in [0.25, 0.3) is 0 Å². The van der Waals surface area contributed by atoms with E-state index in [1.54, 1.807) is 0 Å². The van der Waals surface area contributed by atoms with Crippen molar-refractivity contribution >= 4 is 49.8 Å². The Balaban J connectivity index is 1.35. The molecule has 0 amide bonds. The first-order valence-electron chi connectivity index (χ1n) is 14.8. The van der Waals surface area contributed by atoms with Gasteiger partial charge in [-0.1, -0.05) is 121 Å². The molecular formula is C41H27NO. The molecule has 0 radical (unpaired) electrons. The van der Waals surface area contributed by atoms with Crippen LogP contribution in [0, 0.1) is 0 Å². The summed E-state index contributed by atoms with van der Waals surface area (Å²) in [6.45, 7) is 0. The summed E-state index contributed by atoms with van der Waals surface area (Å²) in [4.78, 5) is 2.38. The van der Waals surface area contributed by atoms with Gasteiger partial charge in [-0.3, -0.25) is 0 Å². The molecule has 1 aliphatic rings. The molecular weight excluding hydrogens is 522 g/mol. The zero-order valence-corrected chi connectivity index (χ0v) is 23.4. The van der Waals surface area contributed by atoms with Crippen molar-refractivity contribution < 1.29 is 4.42 Å². The van der Waals surface area contributed by atoms with Gasteiger partial charge in [-0.15, -0.1) is 0 Å². The summed E-state index contributed by atoms with van der Waals surface area (Å²) in [7, 11) is 0. The molecule has 0 saturated carbocycles. The van der Waals surface area contributed by atoms with Gasteiger partial charge >= 0.3 is 0 Å². The zero-order valence-electron chi connectivity index (χ0n) is 23.4. The van der Waals surface area contributed by atoms with Gasteiger partial charge in [0.1, 0.15) is 5.58 Å². The molecule has 0 spiro atoms. The van der Waals surface area contributed by atoms with E-state index in [0.29, 0.717) is 0 Å². The molecule has 1 aliphatic carbocycles. The fourth-order valence-corrected chi connectivity index (χ4v) is 7.04. The van der Waals surface area contributed by atoms with Crippen LogP contribution >= 0.6 is 0 Å². The maximum atomic E-state index is 6.70. The van der Waals surface area contributed by atoms with Crippen LogP contribution in [-0.4, -0.2) is 0 Å². The Bertz CT molecular complexity index is 2300. The van der Waals surface area contributed by atoms with Gasteiger partial charge in [0.05, 0.1) is 5.69 Å². The lowest BCUT2D eigenvalue weighted by molar-refractivity contribution is 0.669. The normalized spacial score (nSPS) is 13.8. The van der Waals surface area contributed by atoms with E-state index in [4.69, 9.17) is 4.42 Å². The Kier molecular flexibility index (Phi) is 5.30. The maximum absolute atomic E-state index is 6.70. The van der Waals surface area contributed by atoms with Crippen molar-refractivity contribution in [3.63, 3.8) is 0 Å². The van der Waals surface area contributed by atoms with E-state index in [-0.39, 0.29) is 5.92 Å². The highest BCUT2D eigenvalue weighted by molar-refractivity contribution is 6.19. The first-order valence-corrected chi connectivity index (χ1v) is 14.8. The summed E-state index contributed by atoms with van der Waals surface area (Å²) in [5, 5.41) is 4.60. The van der Waals surface area contributed by atoms with E-state index < -0.39 is 0 Å². The SMILES string of the molecule is c1ccc(C2c3ccccc3-c3cc(N(c4ccccc4)c4c5ccccc5cc5c4oc4ccccc45)ccc32)cc1. The monoisotopic (exact) mass is 549 g/mol. The minimum atomic E-state index is 0.214. The molecule has 7 aromatic carbocycles. The molecule has 0 aliphatic heterocycles. The molecule has 0 saturated heterocycles. The summed E-state index contributed by atoms with van der Waals surface area (Å²) < 4.78 is 6.70. The molecule has 0 fully saturated rings. The largest absolute Gasteiger partial charge is 0.454 e. The standard InChI is InChI=1S/C41H27NO/c1-3-13-27(14-4-1)39-34-21-10-9-19-32(34)36-26-30(23-24-35(36)39)42(29-16-5-2-6-17-29)40-31-18-8-7-15-28(31)25-37-33-20-11-12-22-38(33)43-41(37)40/h1-26,39H. The topological polar surface area (TPSA) is 16.4 Å². The summed E-state index contributed by atoms with van der Waals surface area (Å²) in [5.74, 6) is 0.214. The van der Waals surface area contributed by atoms with Crippen LogP contribution in [0.15, 0.2) is 162 Å². The lowest BCUT2D eigenvalue weighted by atomic mass is 9.89. The second kappa shape index (κ2) is 9.47. The summed E-state index contributed by atoms with van der Waals surface area (Å²) >= 11 is 0. The van der Waals surface area contributed by atoms with E-state index >= 15 is 0 Å². The van der Waals surface area contributed by atoms with E-state index in [2.05, 4.69) is 157 Å². The third-order valence-corrected chi connectivity index (χ3v) is 8.90. The lowest BCUT2D eigenvalue weighted by Gasteiger charge is -2.27. The van der Waals surface area contributed by atoms with Crippen molar-refractivity contribution in [2.24, 2.45) is 0 Å². The van der Waals surface area contributed by atoms with Gasteiger partial charge in [0.2, 0.25) is 0 Å². The Morgan fingerprint density at radius 3 is 2.00 bits per heavy atom. The molecule has 1 unspecified atom stereocenters. The highest BCUT2D eigenvalue weighted by Gasteiger charge is 2.31. The van der Waals surface area contributed by atoms with Crippen LogP contribution in [0.4, 0.5) is 17.1 Å². The van der Waals surface area contributed by atoms with Crippen LogP contribution in [-0.2, 0) is 0 Å². The number of hydrogen-bond acceptors (Lipinski definition) is 2. The molecule has 1 atom stereocenters. The van der Waals surface area contributed by atoms with E-state index in [1.165, 1.54) is 33.2 Å². The van der Waals surface area contributed by atoms with Crippen molar-refractivity contribution in [1.29, 1.82) is 0 Å². The average Bonchev–Trinajstić information content (AvgIpc) is 3.61. The van der Waals surface area contributed by atoms with Crippen LogP contribution < -0.4 is 4.90 Å². The van der Waals surface area contributed by atoms with Crippen molar-refractivity contribution in [2.75, 3.05) is 4.90 Å². The third-order valence-electron chi connectivity index (χ3n) is 8.90. The fourth-order valence-electron chi connectivity index (χ4n) is 7.04. The number of anilines is 3. The molecule has 1 aromatic heterocycles. The van der Waals surface area contributed by atoms with Crippen LogP contribution in [0.3, 0.4) is 0 Å². The third kappa shape index (κ3) is 3.67. The van der Waals surface area contributed by atoms with E-state index in [0.717, 1.165) is 44.4 Å². The molecule has 202 valence electrons. The van der Waals surface area contributed by atoms with Gasteiger partial charge in [0, 0.05) is 33.5 Å². The molecule has 0 bridgehead atoms. The highest BCUT2D eigenvalue weighted by atomic mass is 16.3. The smallest absolute Gasteiger partial charge is 0.160 e. The van der Waals surface area contributed by atoms with Gasteiger partial charge in [-0.05, 0) is 69.6 Å². The average molecular weight is 550 g/mol. The first kappa shape index (κ1) is 24.0. The van der Waals surface area contributed by atoms with Crippen molar-refractivity contribution in [3.8, 4) is 11.1 Å². The van der Waals surface area contributed by atoms with Crippen LogP contribution in [0.2, 0.25) is 0 Å². The quantitative estimate of drug-likeness (QED) is 0.217. The van der Waals surface area contributed by atoms with Gasteiger partial charge in [0.15, 0.2) is 5.58 Å². The first-order chi connectivity index (χ1) is 21.3. The minimum absolute atomic E-state index is 0.214. The van der Waals surface area contributed by atoms with Crippen LogP contribution in [0.5, 0.6) is 0 Å². The number of nitrogens with zero attached hydrogens (tertiary/aromatic N) is 1. The number of hydrogen-bond donors (Lipinski definition) is 0. The summed E-state index contributed by atoms with van der Waals surface area (Å²) in [5.41, 5.74) is 11.6. The number of rotatable bonds is 4. The predicted molar refractivity (Wildman–Crippen MR) is 179 cm³/mol. The molecule has 8 aromatic rings. The highest BCUT2D eigenvalue weighted by Crippen LogP contribution is 2.51. The van der Waals surface area contributed by atoms with Gasteiger partial charge in [-0.2, -0.15) is 0 Å². The Morgan fingerprint density at radius 1 is 0.465 bits per heavy atom. The second-order valence-corrected chi connectivity index (χ2v) is 11.3. The van der Waals surface area contributed by atoms with Crippen molar-refractivity contribution in [2.45, 2.75) is 5.92 Å². The van der Waals surface area contributed by atoms with E-state index in [9.17, 15) is 0 Å². The Hall–Kier alpha value is -5.60. The van der Waals surface area contributed by atoms with E-state index in [1.807, 2.05) is 6.07 Å². The summed E-state index contributed by atoms with van der Waals surface area (Å²) in [6.07, 6.45) is 0. The fraction of sp³-hybridized carbons (Fsp3) is 0.0244. The van der Waals surface area contributed by atoms with Crippen molar-refractivity contribution in [1.82, 2.24) is 0 Å². The molecule has 0 N–H and O–H groups in total. The molecule has 2 nitrogen and oxygen atoms in total. The maximum Gasteiger partial charge on any atom is 0.160 e. The number of furan rings is 1. The lowest BCUT2D eigenvalue weighted by Crippen LogP contribution is -2.11. The second-order valence-electron chi connectivity index (χ2n) is 11.3. The molecule has 9 rings (SSSR count). The van der Waals surface area contributed by atoms with Crippen LogP contribution in [0.1, 0.15) is 22.6 Å². The molecule has 2 heteroatoms.